The molecule has 0 aliphatic carbocycles. The lowest BCUT2D eigenvalue weighted by molar-refractivity contribution is 0.407. The smallest absolute Gasteiger partial charge is 0.128 e. The molecule has 0 saturated heterocycles. The van der Waals surface area contributed by atoms with Gasteiger partial charge in [-0.05, 0) is 46.2 Å². The topological polar surface area (TPSA) is 34.1 Å². The largest absolute Gasteiger partial charge is 0.496 e. The molecule has 0 unspecified atom stereocenters. The lowest BCUT2D eigenvalue weighted by Gasteiger charge is -2.12. The molecule has 1 aromatic heterocycles. The number of ether oxygens (including phenoxy) is 1. The van der Waals surface area contributed by atoms with Gasteiger partial charge in [0, 0.05) is 23.7 Å². The molecule has 1 heterocycles. The maximum atomic E-state index is 5.46. The number of rotatable bonds is 8. The van der Waals surface area contributed by atoms with Crippen LogP contribution in [0.1, 0.15) is 44.0 Å². The Hall–Kier alpha value is -1.35. The van der Waals surface area contributed by atoms with Gasteiger partial charge in [0.15, 0.2) is 0 Å². The summed E-state index contributed by atoms with van der Waals surface area (Å²) in [6.45, 7) is 12.9. The number of hydrogen-bond donors (Lipinski definition) is 1. The van der Waals surface area contributed by atoms with E-state index in [1.165, 1.54) is 5.57 Å². The van der Waals surface area contributed by atoms with Gasteiger partial charge in [0.25, 0.3) is 0 Å². The Bertz CT molecular complexity index is 478. The van der Waals surface area contributed by atoms with Crippen LogP contribution in [0.3, 0.4) is 0 Å². The number of nitrogens with one attached hydrogen (secondary N) is 1. The van der Waals surface area contributed by atoms with Crippen LogP contribution in [-0.2, 0) is 6.42 Å². The normalized spacial score (nSPS) is 12.0. The van der Waals surface area contributed by atoms with E-state index in [0.29, 0.717) is 5.92 Å². The van der Waals surface area contributed by atoms with Crippen LogP contribution in [0.5, 0.6) is 5.75 Å². The highest BCUT2D eigenvalue weighted by Gasteiger charge is 2.09. The maximum absolute atomic E-state index is 5.46. The summed E-state index contributed by atoms with van der Waals surface area (Å²) < 4.78 is 5.46. The summed E-state index contributed by atoms with van der Waals surface area (Å²) >= 11 is 0. The number of allylic oxidation sites excluding steroid dienone is 1. The number of hydrogen-bond acceptors (Lipinski definition) is 3. The molecular formula is C18H30N2O. The Balaban J connectivity index is 2.56. The van der Waals surface area contributed by atoms with E-state index in [0.717, 1.165) is 48.5 Å². The Morgan fingerprint density at radius 2 is 2.10 bits per heavy atom. The lowest BCUT2D eigenvalue weighted by Crippen LogP contribution is -2.20. The molecule has 0 atom stereocenters. The van der Waals surface area contributed by atoms with E-state index in [2.05, 4.69) is 44.1 Å². The van der Waals surface area contributed by atoms with Crippen molar-refractivity contribution in [3.8, 4) is 5.75 Å². The Labute approximate surface area is 129 Å². The summed E-state index contributed by atoms with van der Waals surface area (Å²) in [5, 5.41) is 3.46. The molecule has 0 bridgehead atoms. The minimum Gasteiger partial charge on any atom is -0.496 e. The van der Waals surface area contributed by atoms with E-state index < -0.39 is 0 Å². The van der Waals surface area contributed by atoms with Crippen LogP contribution in [0.4, 0.5) is 0 Å². The van der Waals surface area contributed by atoms with Crippen LogP contribution in [0.15, 0.2) is 17.8 Å². The molecule has 0 aliphatic heterocycles. The van der Waals surface area contributed by atoms with Crippen molar-refractivity contribution >= 4 is 0 Å². The van der Waals surface area contributed by atoms with Crippen molar-refractivity contribution in [3.05, 3.63) is 34.7 Å². The van der Waals surface area contributed by atoms with Gasteiger partial charge in [-0.1, -0.05) is 25.5 Å². The Kier molecular flexibility index (Phi) is 7.44. The second-order valence-corrected chi connectivity index (χ2v) is 6.16. The van der Waals surface area contributed by atoms with Crippen LogP contribution < -0.4 is 10.1 Å². The molecule has 21 heavy (non-hydrogen) atoms. The summed E-state index contributed by atoms with van der Waals surface area (Å²) in [6.07, 6.45) is 6.17. The number of methoxy groups -OCH3 is 1. The van der Waals surface area contributed by atoms with Crippen molar-refractivity contribution in [2.45, 2.75) is 47.5 Å². The fourth-order valence-electron chi connectivity index (χ4n) is 2.40. The first-order chi connectivity index (χ1) is 9.95. The molecule has 3 heteroatoms. The molecule has 0 radical (unpaired) electrons. The standard InChI is InChI=1S/C18H30N2O/c1-13(2)11-19-9-7-8-14(3)10-17-16(5)18(21-6)15(4)12-20-17/h8,12-13,19H,7,9-11H2,1-6H3. The van der Waals surface area contributed by atoms with Gasteiger partial charge in [-0.2, -0.15) is 0 Å². The SMILES string of the molecule is COc1c(C)cnc(CC(C)=CCCNCC(C)C)c1C. The molecule has 1 N–H and O–H groups in total. The van der Waals surface area contributed by atoms with E-state index in [1.54, 1.807) is 7.11 Å². The van der Waals surface area contributed by atoms with Gasteiger partial charge in [0.2, 0.25) is 0 Å². The van der Waals surface area contributed by atoms with Gasteiger partial charge >= 0.3 is 0 Å². The summed E-state index contributed by atoms with van der Waals surface area (Å²) in [4.78, 5) is 4.56. The fraction of sp³-hybridized carbons (Fsp3) is 0.611. The summed E-state index contributed by atoms with van der Waals surface area (Å²) in [7, 11) is 1.72. The molecule has 0 spiro atoms. The molecule has 3 nitrogen and oxygen atoms in total. The third-order valence-electron chi connectivity index (χ3n) is 3.56. The molecule has 118 valence electrons. The molecule has 0 aromatic carbocycles. The Morgan fingerprint density at radius 3 is 2.71 bits per heavy atom. The van der Waals surface area contributed by atoms with Gasteiger partial charge in [-0.25, -0.2) is 0 Å². The third kappa shape index (κ3) is 5.88. The van der Waals surface area contributed by atoms with Crippen molar-refractivity contribution in [3.63, 3.8) is 0 Å². The highest BCUT2D eigenvalue weighted by molar-refractivity contribution is 5.42. The van der Waals surface area contributed by atoms with E-state index in [9.17, 15) is 0 Å². The zero-order valence-electron chi connectivity index (χ0n) is 14.4. The minimum absolute atomic E-state index is 0.710. The summed E-state index contributed by atoms with van der Waals surface area (Å²) in [5.41, 5.74) is 4.73. The van der Waals surface area contributed by atoms with Crippen LogP contribution in [-0.4, -0.2) is 25.2 Å². The number of aryl methyl sites for hydroxylation is 1. The van der Waals surface area contributed by atoms with Gasteiger partial charge < -0.3 is 10.1 Å². The summed E-state index contributed by atoms with van der Waals surface area (Å²) in [5.74, 6) is 1.67. The maximum Gasteiger partial charge on any atom is 0.128 e. The van der Waals surface area contributed by atoms with Gasteiger partial charge in [-0.3, -0.25) is 4.98 Å². The minimum atomic E-state index is 0.710. The van der Waals surface area contributed by atoms with Crippen molar-refractivity contribution in [1.29, 1.82) is 0 Å². The zero-order valence-corrected chi connectivity index (χ0v) is 14.4. The molecular weight excluding hydrogens is 260 g/mol. The second-order valence-electron chi connectivity index (χ2n) is 6.16. The number of nitrogens with zero attached hydrogens (tertiary/aromatic N) is 1. The van der Waals surface area contributed by atoms with E-state index in [4.69, 9.17) is 4.74 Å². The molecule has 0 saturated carbocycles. The van der Waals surface area contributed by atoms with Gasteiger partial charge in [0.05, 0.1) is 12.8 Å². The highest BCUT2D eigenvalue weighted by atomic mass is 16.5. The lowest BCUT2D eigenvalue weighted by atomic mass is 10.0. The van der Waals surface area contributed by atoms with E-state index >= 15 is 0 Å². The zero-order chi connectivity index (χ0) is 15.8. The van der Waals surface area contributed by atoms with Crippen molar-refractivity contribution in [2.24, 2.45) is 5.92 Å². The highest BCUT2D eigenvalue weighted by Crippen LogP contribution is 2.25. The van der Waals surface area contributed by atoms with E-state index in [1.807, 2.05) is 13.1 Å². The quantitative estimate of drug-likeness (QED) is 0.583. The number of pyridine rings is 1. The van der Waals surface area contributed by atoms with Crippen molar-refractivity contribution in [1.82, 2.24) is 10.3 Å². The molecule has 0 aliphatic rings. The fourth-order valence-corrected chi connectivity index (χ4v) is 2.40. The second kappa shape index (κ2) is 8.83. The van der Waals surface area contributed by atoms with Gasteiger partial charge in [0.1, 0.15) is 5.75 Å². The Morgan fingerprint density at radius 1 is 1.38 bits per heavy atom. The number of aromatic nitrogens is 1. The van der Waals surface area contributed by atoms with Crippen LogP contribution in [0.2, 0.25) is 0 Å². The molecule has 1 rings (SSSR count). The van der Waals surface area contributed by atoms with E-state index in [-0.39, 0.29) is 0 Å². The van der Waals surface area contributed by atoms with Crippen LogP contribution >= 0.6 is 0 Å². The summed E-state index contributed by atoms with van der Waals surface area (Å²) in [6, 6.07) is 0. The first-order valence-electron chi connectivity index (χ1n) is 7.81. The first-order valence-corrected chi connectivity index (χ1v) is 7.81. The molecule has 0 amide bonds. The predicted molar refractivity (Wildman–Crippen MR) is 90.0 cm³/mol. The van der Waals surface area contributed by atoms with Crippen LogP contribution in [0, 0.1) is 19.8 Å². The average molecular weight is 290 g/mol. The van der Waals surface area contributed by atoms with Gasteiger partial charge in [-0.15, -0.1) is 0 Å². The predicted octanol–water partition coefficient (Wildman–Crippen LogP) is 3.83. The average Bonchev–Trinajstić information content (AvgIpc) is 2.42. The third-order valence-corrected chi connectivity index (χ3v) is 3.56. The van der Waals surface area contributed by atoms with Crippen molar-refractivity contribution in [2.75, 3.05) is 20.2 Å². The monoisotopic (exact) mass is 290 g/mol. The molecule has 0 fully saturated rings. The first kappa shape index (κ1) is 17.7. The van der Waals surface area contributed by atoms with Crippen molar-refractivity contribution < 1.29 is 4.74 Å². The van der Waals surface area contributed by atoms with Crippen LogP contribution in [0.25, 0.3) is 0 Å². The molecule has 1 aromatic rings.